The Labute approximate surface area is 147 Å². The van der Waals surface area contributed by atoms with Crippen molar-refractivity contribution < 1.29 is 14.6 Å². The Morgan fingerprint density at radius 3 is 2.64 bits per heavy atom. The van der Waals surface area contributed by atoms with E-state index in [1.165, 1.54) is 0 Å². The van der Waals surface area contributed by atoms with Gasteiger partial charge in [0.05, 0.1) is 18.2 Å². The van der Waals surface area contributed by atoms with E-state index in [2.05, 4.69) is 10.6 Å². The molecular weight excluding hydrogens is 316 g/mol. The van der Waals surface area contributed by atoms with Gasteiger partial charge in [-0.25, -0.2) is 4.79 Å². The van der Waals surface area contributed by atoms with Gasteiger partial charge in [0.2, 0.25) is 0 Å². The predicted octanol–water partition coefficient (Wildman–Crippen LogP) is 2.47. The number of rotatable bonds is 3. The lowest BCUT2D eigenvalue weighted by molar-refractivity contribution is 0.0990. The Bertz CT molecular complexity index is 750. The average molecular weight is 338 g/mol. The summed E-state index contributed by atoms with van der Waals surface area (Å²) in [5.74, 6) is 0. The SMILES string of the molecule is O=C(NC1CCOC1c1ccccc1)N[C@H]1c2ccccc2C[C@H]1O. The summed E-state index contributed by atoms with van der Waals surface area (Å²) in [6.45, 7) is 0.624. The first-order valence-electron chi connectivity index (χ1n) is 8.72. The topological polar surface area (TPSA) is 70.6 Å². The van der Waals surface area contributed by atoms with Crippen LogP contribution in [0.15, 0.2) is 54.6 Å². The smallest absolute Gasteiger partial charge is 0.315 e. The first-order chi connectivity index (χ1) is 12.2. The number of carbonyl (C=O) groups is 1. The van der Waals surface area contributed by atoms with Crippen LogP contribution in [0.25, 0.3) is 0 Å². The van der Waals surface area contributed by atoms with Gasteiger partial charge in [-0.2, -0.15) is 0 Å². The van der Waals surface area contributed by atoms with Crippen LogP contribution in [0.1, 0.15) is 35.3 Å². The predicted molar refractivity (Wildman–Crippen MR) is 94.1 cm³/mol. The fraction of sp³-hybridized carbons (Fsp3) is 0.350. The summed E-state index contributed by atoms with van der Waals surface area (Å²) in [5, 5.41) is 16.2. The zero-order chi connectivity index (χ0) is 17.2. The summed E-state index contributed by atoms with van der Waals surface area (Å²) in [4.78, 5) is 12.5. The number of fused-ring (bicyclic) bond motifs is 1. The highest BCUT2D eigenvalue weighted by Crippen LogP contribution is 2.32. The molecule has 0 bridgehead atoms. The Morgan fingerprint density at radius 2 is 1.80 bits per heavy atom. The quantitative estimate of drug-likeness (QED) is 0.805. The van der Waals surface area contributed by atoms with E-state index < -0.39 is 6.10 Å². The lowest BCUT2D eigenvalue weighted by atomic mass is 10.0. The van der Waals surface area contributed by atoms with E-state index in [-0.39, 0.29) is 24.2 Å². The summed E-state index contributed by atoms with van der Waals surface area (Å²) in [7, 11) is 0. The maximum atomic E-state index is 12.5. The Kier molecular flexibility index (Phi) is 4.42. The van der Waals surface area contributed by atoms with Crippen molar-refractivity contribution >= 4 is 6.03 Å². The minimum atomic E-state index is -0.590. The first-order valence-corrected chi connectivity index (χ1v) is 8.72. The average Bonchev–Trinajstić information content (AvgIpc) is 3.20. The molecule has 2 unspecified atom stereocenters. The Morgan fingerprint density at radius 1 is 1.04 bits per heavy atom. The highest BCUT2D eigenvalue weighted by Gasteiger charge is 2.34. The zero-order valence-corrected chi connectivity index (χ0v) is 13.9. The summed E-state index contributed by atoms with van der Waals surface area (Å²) in [6.07, 6.45) is 0.623. The molecule has 2 aromatic carbocycles. The molecule has 1 saturated heterocycles. The fourth-order valence-corrected chi connectivity index (χ4v) is 3.81. The van der Waals surface area contributed by atoms with Crippen LogP contribution in [0.3, 0.4) is 0 Å². The molecule has 130 valence electrons. The lowest BCUT2D eigenvalue weighted by Crippen LogP contribution is -2.46. The molecule has 25 heavy (non-hydrogen) atoms. The van der Waals surface area contributed by atoms with Gasteiger partial charge < -0.3 is 20.5 Å². The normalized spacial score (nSPS) is 27.7. The van der Waals surface area contributed by atoms with E-state index in [0.29, 0.717) is 13.0 Å². The number of aliphatic hydroxyl groups excluding tert-OH is 1. The van der Waals surface area contributed by atoms with Crippen LogP contribution in [0.4, 0.5) is 4.79 Å². The number of aliphatic hydroxyl groups is 1. The number of benzene rings is 2. The largest absolute Gasteiger partial charge is 0.390 e. The number of carbonyl (C=O) groups excluding carboxylic acids is 1. The summed E-state index contributed by atoms with van der Waals surface area (Å²) in [5.41, 5.74) is 3.15. The maximum Gasteiger partial charge on any atom is 0.315 e. The minimum Gasteiger partial charge on any atom is -0.390 e. The second kappa shape index (κ2) is 6.86. The molecule has 1 aliphatic heterocycles. The van der Waals surface area contributed by atoms with Gasteiger partial charge in [0.25, 0.3) is 0 Å². The van der Waals surface area contributed by atoms with Crippen molar-refractivity contribution in [2.24, 2.45) is 0 Å². The van der Waals surface area contributed by atoms with Crippen molar-refractivity contribution in [1.29, 1.82) is 0 Å². The minimum absolute atomic E-state index is 0.0730. The van der Waals surface area contributed by atoms with E-state index in [1.807, 2.05) is 54.6 Å². The third kappa shape index (κ3) is 3.25. The second-order valence-electron chi connectivity index (χ2n) is 6.66. The van der Waals surface area contributed by atoms with Crippen LogP contribution >= 0.6 is 0 Å². The van der Waals surface area contributed by atoms with E-state index in [9.17, 15) is 9.90 Å². The molecule has 0 aromatic heterocycles. The second-order valence-corrected chi connectivity index (χ2v) is 6.66. The van der Waals surface area contributed by atoms with Crippen molar-refractivity contribution in [3.63, 3.8) is 0 Å². The molecule has 2 aromatic rings. The molecule has 2 aliphatic rings. The van der Waals surface area contributed by atoms with Crippen LogP contribution in [0, 0.1) is 0 Å². The van der Waals surface area contributed by atoms with Gasteiger partial charge in [-0.05, 0) is 23.1 Å². The molecule has 5 nitrogen and oxygen atoms in total. The van der Waals surface area contributed by atoms with E-state index in [1.54, 1.807) is 0 Å². The van der Waals surface area contributed by atoms with Crippen LogP contribution in [0.2, 0.25) is 0 Å². The lowest BCUT2D eigenvalue weighted by Gasteiger charge is -2.23. The van der Waals surface area contributed by atoms with Crippen molar-refractivity contribution in [3.05, 3.63) is 71.3 Å². The van der Waals surface area contributed by atoms with Gasteiger partial charge in [-0.3, -0.25) is 0 Å². The molecule has 4 atom stereocenters. The van der Waals surface area contributed by atoms with Crippen LogP contribution in [-0.2, 0) is 11.2 Å². The number of nitrogens with one attached hydrogen (secondary N) is 2. The van der Waals surface area contributed by atoms with Crippen molar-refractivity contribution in [2.75, 3.05) is 6.61 Å². The standard InChI is InChI=1S/C20H22N2O3/c23-17-12-14-8-4-5-9-15(14)18(17)22-20(24)21-16-10-11-25-19(16)13-6-2-1-3-7-13/h1-9,16-19,23H,10-12H2,(H2,21,22,24)/t16?,17-,18+,19?/m1/s1. The van der Waals surface area contributed by atoms with Crippen molar-refractivity contribution in [2.45, 2.75) is 37.1 Å². The molecule has 3 N–H and O–H groups in total. The number of urea groups is 1. The highest BCUT2D eigenvalue weighted by molar-refractivity contribution is 5.75. The van der Waals surface area contributed by atoms with E-state index in [4.69, 9.17) is 4.74 Å². The summed E-state index contributed by atoms with van der Waals surface area (Å²) >= 11 is 0. The number of amides is 2. The zero-order valence-electron chi connectivity index (χ0n) is 13.9. The van der Waals surface area contributed by atoms with Crippen LogP contribution in [0.5, 0.6) is 0 Å². The van der Waals surface area contributed by atoms with Crippen LogP contribution in [-0.4, -0.2) is 29.9 Å². The number of hydrogen-bond acceptors (Lipinski definition) is 3. The fourth-order valence-electron chi connectivity index (χ4n) is 3.81. The van der Waals surface area contributed by atoms with E-state index >= 15 is 0 Å². The molecule has 0 spiro atoms. The van der Waals surface area contributed by atoms with Gasteiger partial charge in [0.15, 0.2) is 0 Å². The van der Waals surface area contributed by atoms with Crippen LogP contribution < -0.4 is 10.6 Å². The summed E-state index contributed by atoms with van der Waals surface area (Å²) in [6, 6.07) is 17.1. The van der Waals surface area contributed by atoms with Gasteiger partial charge in [0.1, 0.15) is 6.10 Å². The Balaban J connectivity index is 1.42. The molecule has 1 heterocycles. The molecule has 4 rings (SSSR count). The summed E-state index contributed by atoms with van der Waals surface area (Å²) < 4.78 is 5.81. The van der Waals surface area contributed by atoms with Crippen molar-refractivity contribution in [3.8, 4) is 0 Å². The molecule has 0 radical (unpaired) electrons. The number of ether oxygens (including phenoxy) is 1. The van der Waals surface area contributed by atoms with Gasteiger partial charge in [0, 0.05) is 13.0 Å². The molecular formula is C20H22N2O3. The third-order valence-corrected chi connectivity index (χ3v) is 5.03. The maximum absolute atomic E-state index is 12.5. The number of hydrogen-bond donors (Lipinski definition) is 3. The highest BCUT2D eigenvalue weighted by atomic mass is 16.5. The van der Waals surface area contributed by atoms with Crippen molar-refractivity contribution in [1.82, 2.24) is 10.6 Å². The molecule has 1 aliphatic carbocycles. The third-order valence-electron chi connectivity index (χ3n) is 5.03. The van der Waals surface area contributed by atoms with Gasteiger partial charge >= 0.3 is 6.03 Å². The molecule has 2 amide bonds. The van der Waals surface area contributed by atoms with Gasteiger partial charge in [-0.1, -0.05) is 54.6 Å². The molecule has 0 saturated carbocycles. The monoisotopic (exact) mass is 338 g/mol. The molecule has 1 fully saturated rings. The Hall–Kier alpha value is -2.37. The first kappa shape index (κ1) is 16.1. The van der Waals surface area contributed by atoms with Gasteiger partial charge in [-0.15, -0.1) is 0 Å². The van der Waals surface area contributed by atoms with E-state index in [0.717, 1.165) is 23.1 Å². The molecule has 5 heteroatoms.